The van der Waals surface area contributed by atoms with Crippen molar-refractivity contribution < 1.29 is 17.6 Å². The van der Waals surface area contributed by atoms with Crippen LogP contribution in [0.3, 0.4) is 0 Å². The zero-order chi connectivity index (χ0) is 14.8. The van der Waals surface area contributed by atoms with Crippen molar-refractivity contribution in [3.05, 3.63) is 54.0 Å². The van der Waals surface area contributed by atoms with Crippen molar-refractivity contribution in [2.45, 2.75) is 11.9 Å². The lowest BCUT2D eigenvalue weighted by Crippen LogP contribution is -2.16. The van der Waals surface area contributed by atoms with Crippen molar-refractivity contribution >= 4 is 21.5 Å². The van der Waals surface area contributed by atoms with Gasteiger partial charge < -0.3 is 0 Å². The third kappa shape index (κ3) is 3.00. The summed E-state index contributed by atoms with van der Waals surface area (Å²) in [6, 6.07) is 8.23. The molecule has 0 saturated carbocycles. The number of Topliss-reactive ketones (excluding diaryl/α,β-unsaturated/α-hetero) is 1. The monoisotopic (exact) mass is 294 g/mol. The highest BCUT2D eigenvalue weighted by Gasteiger charge is 2.20. The number of carbonyl (C=O) groups is 1. The van der Waals surface area contributed by atoms with Gasteiger partial charge >= 0.3 is 0 Å². The van der Waals surface area contributed by atoms with Gasteiger partial charge in [-0.2, -0.15) is 8.42 Å². The second-order valence-electron chi connectivity index (χ2n) is 4.03. The highest BCUT2D eigenvalue weighted by atomic mass is 32.2. The first-order valence-electron chi connectivity index (χ1n) is 5.64. The van der Waals surface area contributed by atoms with Crippen LogP contribution in [-0.2, 0) is 10.0 Å². The van der Waals surface area contributed by atoms with Crippen LogP contribution in [0.2, 0.25) is 0 Å². The molecule has 104 valence electrons. The van der Waals surface area contributed by atoms with E-state index < -0.39 is 20.9 Å². The molecule has 0 bridgehead atoms. The molecule has 1 heterocycles. The van der Waals surface area contributed by atoms with Crippen molar-refractivity contribution in [3.8, 4) is 0 Å². The minimum atomic E-state index is -4.13. The Bertz CT molecular complexity index is 760. The fourth-order valence-corrected chi connectivity index (χ4v) is 2.63. The van der Waals surface area contributed by atoms with Gasteiger partial charge in [0.15, 0.2) is 11.6 Å². The molecule has 1 aromatic heterocycles. The average Bonchev–Trinajstić information content (AvgIpc) is 2.38. The number of nitrogens with one attached hydrogen (secondary N) is 1. The van der Waals surface area contributed by atoms with Crippen LogP contribution in [0.4, 0.5) is 10.1 Å². The molecule has 0 atom stereocenters. The number of aromatic nitrogens is 1. The number of rotatable bonds is 4. The molecule has 0 aliphatic rings. The van der Waals surface area contributed by atoms with Gasteiger partial charge in [0.2, 0.25) is 5.03 Å². The number of nitrogens with zero attached hydrogens (tertiary/aromatic N) is 1. The van der Waals surface area contributed by atoms with E-state index in [1.807, 2.05) is 0 Å². The first-order chi connectivity index (χ1) is 9.40. The lowest BCUT2D eigenvalue weighted by Gasteiger charge is -2.08. The second-order valence-corrected chi connectivity index (χ2v) is 5.63. The molecule has 0 unspecified atom stereocenters. The number of hydrogen-bond acceptors (Lipinski definition) is 4. The van der Waals surface area contributed by atoms with Gasteiger partial charge in [-0.1, -0.05) is 12.1 Å². The van der Waals surface area contributed by atoms with E-state index in [9.17, 15) is 17.6 Å². The third-order valence-corrected chi connectivity index (χ3v) is 3.81. The number of sulfonamides is 1. The molecule has 5 nitrogen and oxygen atoms in total. The zero-order valence-electron chi connectivity index (χ0n) is 10.5. The fraction of sp³-hybridized carbons (Fsp3) is 0.0769. The van der Waals surface area contributed by atoms with Gasteiger partial charge in [-0.25, -0.2) is 9.37 Å². The number of ketones is 1. The number of halogens is 1. The first-order valence-corrected chi connectivity index (χ1v) is 7.13. The minimum Gasteiger partial charge on any atom is -0.295 e. The van der Waals surface area contributed by atoms with Crippen molar-refractivity contribution in [2.24, 2.45) is 0 Å². The molecule has 1 N–H and O–H groups in total. The Morgan fingerprint density at radius 3 is 2.65 bits per heavy atom. The number of carbonyl (C=O) groups excluding carboxylic acids is 1. The van der Waals surface area contributed by atoms with E-state index >= 15 is 0 Å². The molecule has 20 heavy (non-hydrogen) atoms. The Morgan fingerprint density at radius 1 is 1.25 bits per heavy atom. The topological polar surface area (TPSA) is 76.1 Å². The van der Waals surface area contributed by atoms with Crippen molar-refractivity contribution in [1.82, 2.24) is 4.98 Å². The van der Waals surface area contributed by atoms with Crippen LogP contribution in [0.15, 0.2) is 47.6 Å². The predicted octanol–water partition coefficient (Wildman–Crippen LogP) is 2.22. The quantitative estimate of drug-likeness (QED) is 0.877. The van der Waals surface area contributed by atoms with E-state index in [0.29, 0.717) is 5.56 Å². The second kappa shape index (κ2) is 5.38. The van der Waals surface area contributed by atoms with E-state index in [4.69, 9.17) is 0 Å². The number of benzene rings is 1. The predicted molar refractivity (Wildman–Crippen MR) is 71.5 cm³/mol. The molecule has 0 aliphatic heterocycles. The van der Waals surface area contributed by atoms with Gasteiger partial charge in [-0.3, -0.25) is 9.52 Å². The molecule has 0 fully saturated rings. The van der Waals surface area contributed by atoms with Crippen molar-refractivity contribution in [3.63, 3.8) is 0 Å². The van der Waals surface area contributed by atoms with E-state index in [1.54, 1.807) is 6.07 Å². The van der Waals surface area contributed by atoms with Crippen molar-refractivity contribution in [1.29, 1.82) is 0 Å². The Balaban J connectivity index is 2.36. The molecule has 0 aliphatic carbocycles. The van der Waals surface area contributed by atoms with Gasteiger partial charge in [0.05, 0.1) is 0 Å². The molecule has 1 aromatic carbocycles. The smallest absolute Gasteiger partial charge is 0.282 e. The summed E-state index contributed by atoms with van der Waals surface area (Å²) in [6.45, 7) is 1.37. The molecule has 2 rings (SSSR count). The van der Waals surface area contributed by atoms with Gasteiger partial charge in [0.1, 0.15) is 0 Å². The molecular formula is C13H11FN2O3S. The van der Waals surface area contributed by atoms with Crippen LogP contribution < -0.4 is 4.72 Å². The number of anilines is 1. The van der Waals surface area contributed by atoms with Crippen LogP contribution in [-0.4, -0.2) is 19.2 Å². The lowest BCUT2D eigenvalue weighted by atomic mass is 10.1. The molecule has 0 amide bonds. The Morgan fingerprint density at radius 2 is 2.00 bits per heavy atom. The Labute approximate surface area is 115 Å². The maximum absolute atomic E-state index is 13.5. The normalized spacial score (nSPS) is 11.1. The van der Waals surface area contributed by atoms with Crippen LogP contribution in [0.5, 0.6) is 0 Å². The summed E-state index contributed by atoms with van der Waals surface area (Å²) in [5.74, 6) is -1.14. The van der Waals surface area contributed by atoms with Gasteiger partial charge in [0.25, 0.3) is 10.0 Å². The zero-order valence-corrected chi connectivity index (χ0v) is 11.3. The van der Waals surface area contributed by atoms with Crippen LogP contribution in [0.25, 0.3) is 0 Å². The summed E-state index contributed by atoms with van der Waals surface area (Å²) in [7, 11) is -4.13. The van der Waals surface area contributed by atoms with E-state index in [0.717, 1.165) is 6.07 Å². The average molecular weight is 294 g/mol. The summed E-state index contributed by atoms with van der Waals surface area (Å²) in [6.07, 6.45) is 1.18. The molecule has 0 spiro atoms. The maximum atomic E-state index is 13.5. The summed E-state index contributed by atoms with van der Waals surface area (Å²) in [4.78, 5) is 14.7. The Kier molecular flexibility index (Phi) is 3.80. The molecule has 0 radical (unpaired) electrons. The van der Waals surface area contributed by atoms with E-state index in [-0.39, 0.29) is 11.5 Å². The minimum absolute atomic E-state index is 0.169. The van der Waals surface area contributed by atoms with Gasteiger partial charge in [-0.05, 0) is 31.2 Å². The fourth-order valence-electron chi connectivity index (χ4n) is 1.57. The van der Waals surface area contributed by atoms with Crippen LogP contribution in [0, 0.1) is 5.82 Å². The molecule has 0 saturated heterocycles. The highest BCUT2D eigenvalue weighted by Crippen LogP contribution is 2.17. The van der Waals surface area contributed by atoms with Crippen LogP contribution in [0.1, 0.15) is 17.3 Å². The molecule has 7 heteroatoms. The van der Waals surface area contributed by atoms with Crippen molar-refractivity contribution in [2.75, 3.05) is 4.72 Å². The highest BCUT2D eigenvalue weighted by molar-refractivity contribution is 7.92. The number of hydrogen-bond donors (Lipinski definition) is 1. The standard InChI is InChI=1S/C13H11FN2O3S/c1-9(17)10-4-2-5-11(8-10)16-20(18,19)13-12(14)6-3-7-15-13/h2-8,16H,1H3. The molecule has 2 aromatic rings. The molecular weight excluding hydrogens is 283 g/mol. The van der Waals surface area contributed by atoms with E-state index in [1.165, 1.54) is 37.4 Å². The third-order valence-electron chi connectivity index (χ3n) is 2.50. The summed E-state index contributed by atoms with van der Waals surface area (Å²) < 4.78 is 39.7. The first kappa shape index (κ1) is 14.1. The summed E-state index contributed by atoms with van der Waals surface area (Å²) >= 11 is 0. The summed E-state index contributed by atoms with van der Waals surface area (Å²) in [5, 5.41) is -0.687. The van der Waals surface area contributed by atoms with Crippen LogP contribution >= 0.6 is 0 Å². The Hall–Kier alpha value is -2.28. The SMILES string of the molecule is CC(=O)c1cccc(NS(=O)(=O)c2ncccc2F)c1. The van der Waals surface area contributed by atoms with E-state index in [2.05, 4.69) is 9.71 Å². The maximum Gasteiger partial charge on any atom is 0.282 e. The largest absolute Gasteiger partial charge is 0.295 e. The number of pyridine rings is 1. The summed E-state index contributed by atoms with van der Waals surface area (Å²) in [5.41, 5.74) is 0.523. The van der Waals surface area contributed by atoms with Gasteiger partial charge in [0, 0.05) is 17.4 Å². The van der Waals surface area contributed by atoms with Gasteiger partial charge in [-0.15, -0.1) is 0 Å². The lowest BCUT2D eigenvalue weighted by molar-refractivity contribution is 0.101.